The molecule has 0 amide bonds. The summed E-state index contributed by atoms with van der Waals surface area (Å²) < 4.78 is 2.15. The first-order valence-electron chi connectivity index (χ1n) is 7.91. The summed E-state index contributed by atoms with van der Waals surface area (Å²) >= 11 is 7.57. The minimum absolute atomic E-state index is 0.125. The fourth-order valence-corrected chi connectivity index (χ4v) is 3.81. The van der Waals surface area contributed by atoms with Gasteiger partial charge in [-0.25, -0.2) is 4.40 Å². The topological polar surface area (TPSA) is 47.3 Å². The Morgan fingerprint density at radius 3 is 2.60 bits per heavy atom. The van der Waals surface area contributed by atoms with Crippen LogP contribution in [-0.2, 0) is 6.42 Å². The van der Waals surface area contributed by atoms with E-state index >= 15 is 0 Å². The van der Waals surface area contributed by atoms with Gasteiger partial charge in [0.05, 0.1) is 9.55 Å². The molecule has 0 fully saturated rings. The molecule has 4 rings (SSSR count). The third kappa shape index (κ3) is 2.86. The van der Waals surface area contributed by atoms with E-state index in [4.69, 9.17) is 11.6 Å². The van der Waals surface area contributed by atoms with Crippen LogP contribution in [0.3, 0.4) is 0 Å². The molecule has 0 unspecified atom stereocenters. The highest BCUT2D eigenvalue weighted by Crippen LogP contribution is 2.25. The van der Waals surface area contributed by atoms with Crippen LogP contribution in [0.25, 0.3) is 22.4 Å². The minimum Gasteiger partial charge on any atom is -0.267 e. The number of benzene rings is 2. The number of aromatic nitrogens is 3. The molecule has 0 atom stereocenters. The first-order valence-corrected chi connectivity index (χ1v) is 9.10. The Balaban J connectivity index is 1.88. The van der Waals surface area contributed by atoms with Gasteiger partial charge >= 0.3 is 0 Å². The largest absolute Gasteiger partial charge is 0.276 e. The second kappa shape index (κ2) is 6.43. The van der Waals surface area contributed by atoms with Crippen molar-refractivity contribution in [2.75, 3.05) is 0 Å². The van der Waals surface area contributed by atoms with Crippen LogP contribution in [-0.4, -0.2) is 14.6 Å². The molecule has 0 aliphatic carbocycles. The summed E-state index contributed by atoms with van der Waals surface area (Å²) in [6.07, 6.45) is 2.88. The summed E-state index contributed by atoms with van der Waals surface area (Å²) in [5.41, 5.74) is 2.83. The molecule has 124 valence electrons. The maximum Gasteiger partial charge on any atom is 0.276 e. The third-order valence-corrected chi connectivity index (χ3v) is 5.34. The van der Waals surface area contributed by atoms with Crippen LogP contribution in [0.15, 0.2) is 53.3 Å². The van der Waals surface area contributed by atoms with Crippen molar-refractivity contribution in [3.05, 3.63) is 79.6 Å². The first-order chi connectivity index (χ1) is 12.2. The van der Waals surface area contributed by atoms with Crippen LogP contribution in [0.5, 0.6) is 0 Å². The third-order valence-electron chi connectivity index (χ3n) is 4.05. The van der Waals surface area contributed by atoms with Gasteiger partial charge in [-0.3, -0.25) is 4.79 Å². The Morgan fingerprint density at radius 2 is 1.88 bits per heavy atom. The van der Waals surface area contributed by atoms with Gasteiger partial charge in [0.2, 0.25) is 4.96 Å². The predicted octanol–water partition coefficient (Wildman–Crippen LogP) is 3.58. The predicted molar refractivity (Wildman–Crippen MR) is 102 cm³/mol. The molecular formula is C19H14ClN3OS. The van der Waals surface area contributed by atoms with E-state index in [1.54, 1.807) is 6.07 Å². The summed E-state index contributed by atoms with van der Waals surface area (Å²) in [5, 5.41) is 8.83. The minimum atomic E-state index is -0.125. The van der Waals surface area contributed by atoms with Gasteiger partial charge < -0.3 is 0 Å². The molecule has 0 aliphatic rings. The smallest absolute Gasteiger partial charge is 0.267 e. The van der Waals surface area contributed by atoms with Gasteiger partial charge in [-0.15, -0.1) is 10.2 Å². The molecule has 0 saturated carbocycles. The van der Waals surface area contributed by atoms with E-state index in [2.05, 4.69) is 29.3 Å². The van der Waals surface area contributed by atoms with Gasteiger partial charge in [-0.1, -0.05) is 66.3 Å². The lowest BCUT2D eigenvalue weighted by Crippen LogP contribution is -2.23. The quantitative estimate of drug-likeness (QED) is 0.556. The number of rotatable bonds is 3. The molecule has 0 saturated heterocycles. The summed E-state index contributed by atoms with van der Waals surface area (Å²) in [5.74, 6) is 0.475. The van der Waals surface area contributed by atoms with Crippen molar-refractivity contribution in [3.8, 4) is 11.4 Å². The zero-order chi connectivity index (χ0) is 17.4. The van der Waals surface area contributed by atoms with Gasteiger partial charge in [0.25, 0.3) is 5.56 Å². The summed E-state index contributed by atoms with van der Waals surface area (Å²) in [7, 11) is 0. The second-order valence-corrected chi connectivity index (χ2v) is 7.05. The molecule has 0 N–H and O–H groups in total. The maximum atomic E-state index is 12.8. The van der Waals surface area contributed by atoms with Crippen LogP contribution < -0.4 is 10.1 Å². The van der Waals surface area contributed by atoms with Gasteiger partial charge in [-0.05, 0) is 35.8 Å². The fourth-order valence-electron chi connectivity index (χ4n) is 2.68. The highest BCUT2D eigenvalue weighted by atomic mass is 35.5. The van der Waals surface area contributed by atoms with Gasteiger partial charge in [0, 0.05) is 5.56 Å². The summed E-state index contributed by atoms with van der Waals surface area (Å²) in [6, 6.07) is 15.5. The molecule has 0 radical (unpaired) electrons. The van der Waals surface area contributed by atoms with E-state index in [-0.39, 0.29) is 5.56 Å². The van der Waals surface area contributed by atoms with Crippen molar-refractivity contribution in [1.82, 2.24) is 14.6 Å². The van der Waals surface area contributed by atoms with Crippen molar-refractivity contribution in [2.24, 2.45) is 0 Å². The lowest BCUT2D eigenvalue weighted by atomic mass is 10.1. The van der Waals surface area contributed by atoms with E-state index in [0.29, 0.717) is 25.9 Å². The van der Waals surface area contributed by atoms with Crippen molar-refractivity contribution >= 4 is 34.0 Å². The number of aryl methyl sites for hydroxylation is 1. The number of halogens is 1. The number of hydrogen-bond donors (Lipinski definition) is 0. The monoisotopic (exact) mass is 367 g/mol. The highest BCUT2D eigenvalue weighted by molar-refractivity contribution is 7.15. The zero-order valence-corrected chi connectivity index (χ0v) is 15.0. The molecule has 0 spiro atoms. The lowest BCUT2D eigenvalue weighted by molar-refractivity contribution is 1.09. The van der Waals surface area contributed by atoms with Crippen molar-refractivity contribution in [3.63, 3.8) is 0 Å². The number of hydrogen-bond acceptors (Lipinski definition) is 4. The number of fused-ring (bicyclic) bond motifs is 1. The molecule has 0 aliphatic heterocycles. The Morgan fingerprint density at radius 1 is 1.12 bits per heavy atom. The Bertz CT molecular complexity index is 1160. The standard InChI is InChI=1S/C19H14ClN3OS/c1-2-12-7-9-13(10-8-12)11-16-18(24)23-17(21-22-19(23)25-16)14-5-3-4-6-15(14)20/h3-11H,2H2,1H3/b16-11+. The zero-order valence-electron chi connectivity index (χ0n) is 13.4. The Labute approximate surface area is 153 Å². The molecule has 0 bridgehead atoms. The van der Waals surface area contributed by atoms with E-state index < -0.39 is 0 Å². The molecule has 6 heteroatoms. The highest BCUT2D eigenvalue weighted by Gasteiger charge is 2.15. The van der Waals surface area contributed by atoms with Crippen LogP contribution in [0, 0.1) is 0 Å². The molecular weight excluding hydrogens is 354 g/mol. The Hall–Kier alpha value is -2.50. The normalized spacial score (nSPS) is 12.2. The van der Waals surface area contributed by atoms with Crippen LogP contribution in [0.4, 0.5) is 0 Å². The van der Waals surface area contributed by atoms with E-state index in [0.717, 1.165) is 12.0 Å². The van der Waals surface area contributed by atoms with Crippen LogP contribution in [0.2, 0.25) is 5.02 Å². The first kappa shape index (κ1) is 16.0. The molecule has 25 heavy (non-hydrogen) atoms. The SMILES string of the molecule is CCc1ccc(/C=c2/sc3nnc(-c4ccccc4Cl)n3c2=O)cc1. The number of thiazole rings is 1. The average Bonchev–Trinajstić information content (AvgIpc) is 3.17. The van der Waals surface area contributed by atoms with E-state index in [9.17, 15) is 4.79 Å². The fraction of sp³-hybridized carbons (Fsp3) is 0.105. The van der Waals surface area contributed by atoms with Gasteiger partial charge in [0.1, 0.15) is 0 Å². The molecule has 4 aromatic rings. The van der Waals surface area contributed by atoms with Gasteiger partial charge in [0.15, 0.2) is 5.82 Å². The lowest BCUT2D eigenvalue weighted by Gasteiger charge is -1.99. The van der Waals surface area contributed by atoms with Crippen LogP contribution in [0.1, 0.15) is 18.1 Å². The van der Waals surface area contributed by atoms with Crippen LogP contribution >= 0.6 is 22.9 Å². The molecule has 2 heterocycles. The van der Waals surface area contributed by atoms with E-state index in [1.165, 1.54) is 21.3 Å². The molecule has 4 nitrogen and oxygen atoms in total. The van der Waals surface area contributed by atoms with E-state index in [1.807, 2.05) is 36.4 Å². The van der Waals surface area contributed by atoms with Crippen molar-refractivity contribution < 1.29 is 0 Å². The molecule has 2 aromatic carbocycles. The summed E-state index contributed by atoms with van der Waals surface area (Å²) in [4.78, 5) is 13.4. The Kier molecular flexibility index (Phi) is 4.11. The maximum absolute atomic E-state index is 12.8. The summed E-state index contributed by atoms with van der Waals surface area (Å²) in [6.45, 7) is 2.12. The van der Waals surface area contributed by atoms with Gasteiger partial charge in [-0.2, -0.15) is 0 Å². The second-order valence-electron chi connectivity index (χ2n) is 5.63. The van der Waals surface area contributed by atoms with Crippen molar-refractivity contribution in [1.29, 1.82) is 0 Å². The molecule has 2 aromatic heterocycles. The van der Waals surface area contributed by atoms with Crippen molar-refractivity contribution in [2.45, 2.75) is 13.3 Å². The average molecular weight is 368 g/mol. The number of nitrogens with zero attached hydrogens (tertiary/aromatic N) is 3.